The maximum absolute atomic E-state index is 12.8. The minimum Gasteiger partial charge on any atom is -0.318 e. The van der Waals surface area contributed by atoms with Gasteiger partial charge in [-0.1, -0.05) is 29.5 Å². The zero-order valence-corrected chi connectivity index (χ0v) is 17.0. The number of carbonyl (C=O) groups is 1. The lowest BCUT2D eigenvalue weighted by Crippen LogP contribution is -2.44. The molecule has 1 fully saturated rings. The van der Waals surface area contributed by atoms with Gasteiger partial charge in [0.2, 0.25) is 4.80 Å². The third kappa shape index (κ3) is 3.33. The quantitative estimate of drug-likeness (QED) is 0.654. The van der Waals surface area contributed by atoms with Crippen LogP contribution in [0.25, 0.3) is 10.2 Å². The number of sulfonamides is 1. The second-order valence-corrected chi connectivity index (χ2v) is 10.3. The topological polar surface area (TPSA) is 83.8 Å². The molecule has 1 aromatic carbocycles. The van der Waals surface area contributed by atoms with Crippen molar-refractivity contribution in [3.05, 3.63) is 46.6 Å². The fourth-order valence-electron chi connectivity index (χ4n) is 3.18. The molecule has 3 heterocycles. The van der Waals surface area contributed by atoms with Crippen molar-refractivity contribution in [1.29, 1.82) is 0 Å². The van der Waals surface area contributed by atoms with Crippen LogP contribution in [0.1, 0.15) is 12.8 Å². The Bertz CT molecular complexity index is 1150. The van der Waals surface area contributed by atoms with Gasteiger partial charge in [0.15, 0.2) is 0 Å². The van der Waals surface area contributed by atoms with Crippen molar-refractivity contribution in [2.75, 3.05) is 6.54 Å². The summed E-state index contributed by atoms with van der Waals surface area (Å²) in [6.07, 6.45) is 1.14. The van der Waals surface area contributed by atoms with Gasteiger partial charge >= 0.3 is 0 Å². The summed E-state index contributed by atoms with van der Waals surface area (Å²) in [5, 5.41) is 5.95. The lowest BCUT2D eigenvalue weighted by atomic mass is 10.2. The maximum atomic E-state index is 12.8. The highest BCUT2D eigenvalue weighted by molar-refractivity contribution is 7.91. The second-order valence-electron chi connectivity index (χ2n) is 6.21. The first-order chi connectivity index (χ1) is 13.0. The lowest BCUT2D eigenvalue weighted by molar-refractivity contribution is -0.124. The van der Waals surface area contributed by atoms with E-state index in [0.717, 1.165) is 21.6 Å². The molecule has 142 valence electrons. The molecule has 0 radical (unpaired) electrons. The van der Waals surface area contributed by atoms with Crippen molar-refractivity contribution in [3.8, 4) is 0 Å². The van der Waals surface area contributed by atoms with Gasteiger partial charge in [-0.15, -0.1) is 16.4 Å². The summed E-state index contributed by atoms with van der Waals surface area (Å²) < 4.78 is 30.1. The van der Waals surface area contributed by atoms with Crippen LogP contribution in [0.2, 0.25) is 0 Å². The van der Waals surface area contributed by atoms with E-state index in [9.17, 15) is 13.2 Å². The van der Waals surface area contributed by atoms with Crippen LogP contribution in [0.5, 0.6) is 0 Å². The first-order valence-corrected chi connectivity index (χ1v) is 11.6. The number of amides is 1. The van der Waals surface area contributed by atoms with E-state index in [1.807, 2.05) is 35.9 Å². The SMILES string of the molecule is Cn1/c(=N\NC(=O)C2CCCN2S(=O)(=O)c2cccs2)sc2ccccc21. The standard InChI is InChI=1S/C17H18N4O3S3/c1-20-12-6-2-3-8-14(12)26-17(20)19-18-16(22)13-7-4-10-21(13)27(23,24)15-9-5-11-25-15/h2-3,5-6,8-9,11,13H,4,7,10H2,1H3,(H,18,22)/b19-17+. The Hall–Kier alpha value is -2.01. The third-order valence-corrected chi connectivity index (χ3v) is 8.93. The number of thiazole rings is 1. The van der Waals surface area contributed by atoms with Crippen LogP contribution >= 0.6 is 22.7 Å². The Balaban J connectivity index is 1.58. The van der Waals surface area contributed by atoms with E-state index in [0.29, 0.717) is 24.2 Å². The van der Waals surface area contributed by atoms with Gasteiger partial charge in [-0.2, -0.15) is 4.31 Å². The summed E-state index contributed by atoms with van der Waals surface area (Å²) in [5.41, 5.74) is 3.59. The van der Waals surface area contributed by atoms with Crippen molar-refractivity contribution in [2.24, 2.45) is 12.1 Å². The molecule has 0 bridgehead atoms. The van der Waals surface area contributed by atoms with Crippen LogP contribution < -0.4 is 10.2 Å². The molecular formula is C17H18N4O3S3. The number of nitrogens with one attached hydrogen (secondary N) is 1. The average Bonchev–Trinajstić information content (AvgIpc) is 3.40. The number of nitrogens with zero attached hydrogens (tertiary/aromatic N) is 3. The minimum atomic E-state index is -3.65. The van der Waals surface area contributed by atoms with Gasteiger partial charge < -0.3 is 4.57 Å². The molecule has 0 aliphatic carbocycles. The zero-order chi connectivity index (χ0) is 19.0. The first-order valence-electron chi connectivity index (χ1n) is 8.42. The normalized spacial score (nSPS) is 19.0. The van der Waals surface area contributed by atoms with Crippen molar-refractivity contribution in [2.45, 2.75) is 23.1 Å². The molecule has 1 saturated heterocycles. The molecule has 1 aliphatic rings. The molecule has 1 unspecified atom stereocenters. The number of rotatable bonds is 4. The Morgan fingerprint density at radius 2 is 2.07 bits per heavy atom. The molecule has 2 aromatic heterocycles. The summed E-state index contributed by atoms with van der Waals surface area (Å²) in [7, 11) is -1.77. The van der Waals surface area contributed by atoms with E-state index in [-0.39, 0.29) is 4.21 Å². The lowest BCUT2D eigenvalue weighted by Gasteiger charge is -2.21. The smallest absolute Gasteiger partial charge is 0.258 e. The molecule has 7 nitrogen and oxygen atoms in total. The van der Waals surface area contributed by atoms with Crippen LogP contribution in [-0.2, 0) is 21.9 Å². The van der Waals surface area contributed by atoms with E-state index >= 15 is 0 Å². The fraction of sp³-hybridized carbons (Fsp3) is 0.294. The monoisotopic (exact) mass is 422 g/mol. The van der Waals surface area contributed by atoms with E-state index in [4.69, 9.17) is 0 Å². The summed E-state index contributed by atoms with van der Waals surface area (Å²) in [6, 6.07) is 10.4. The van der Waals surface area contributed by atoms with Crippen molar-refractivity contribution >= 4 is 48.8 Å². The molecule has 4 rings (SSSR count). The van der Waals surface area contributed by atoms with Crippen LogP contribution in [-0.4, -0.2) is 35.8 Å². The number of hydrogen-bond donors (Lipinski definition) is 1. The molecule has 0 spiro atoms. The van der Waals surface area contributed by atoms with Gasteiger partial charge in [0, 0.05) is 13.6 Å². The summed E-state index contributed by atoms with van der Waals surface area (Å²) in [5.74, 6) is -0.398. The van der Waals surface area contributed by atoms with Gasteiger partial charge in [0.1, 0.15) is 10.3 Å². The molecule has 3 aromatic rings. The predicted molar refractivity (Wildman–Crippen MR) is 106 cm³/mol. The van der Waals surface area contributed by atoms with Crippen LogP contribution in [0, 0.1) is 0 Å². The van der Waals surface area contributed by atoms with Crippen molar-refractivity contribution < 1.29 is 13.2 Å². The van der Waals surface area contributed by atoms with Gasteiger partial charge in [-0.05, 0) is 36.4 Å². The molecule has 27 heavy (non-hydrogen) atoms. The van der Waals surface area contributed by atoms with Gasteiger partial charge in [-0.3, -0.25) is 4.79 Å². The predicted octanol–water partition coefficient (Wildman–Crippen LogP) is 2.09. The number of thiophene rings is 1. The Morgan fingerprint density at radius 1 is 1.26 bits per heavy atom. The Morgan fingerprint density at radius 3 is 2.81 bits per heavy atom. The number of fused-ring (bicyclic) bond motifs is 1. The van der Waals surface area contributed by atoms with Gasteiger partial charge in [0.05, 0.1) is 10.2 Å². The number of carbonyl (C=O) groups excluding carboxylic acids is 1. The average molecular weight is 423 g/mol. The highest BCUT2D eigenvalue weighted by Gasteiger charge is 2.39. The highest BCUT2D eigenvalue weighted by Crippen LogP contribution is 2.28. The number of hydrogen-bond acceptors (Lipinski definition) is 6. The Kier molecular flexibility index (Phi) is 4.89. The van der Waals surface area contributed by atoms with Crippen molar-refractivity contribution in [1.82, 2.24) is 14.3 Å². The summed E-state index contributed by atoms with van der Waals surface area (Å²) in [6.45, 7) is 0.342. The summed E-state index contributed by atoms with van der Waals surface area (Å²) >= 11 is 2.62. The number of para-hydroxylation sites is 1. The first kappa shape index (κ1) is 18.4. The van der Waals surface area contributed by atoms with E-state index in [1.165, 1.54) is 15.6 Å². The minimum absolute atomic E-state index is 0.259. The van der Waals surface area contributed by atoms with Crippen molar-refractivity contribution in [3.63, 3.8) is 0 Å². The largest absolute Gasteiger partial charge is 0.318 e. The molecule has 1 N–H and O–H groups in total. The van der Waals surface area contributed by atoms with E-state index < -0.39 is 22.0 Å². The van der Waals surface area contributed by atoms with Gasteiger partial charge in [-0.25, -0.2) is 13.8 Å². The molecular weight excluding hydrogens is 404 g/mol. The van der Waals surface area contributed by atoms with Crippen LogP contribution in [0.4, 0.5) is 0 Å². The fourth-order valence-corrected chi connectivity index (χ4v) is 6.94. The highest BCUT2D eigenvalue weighted by atomic mass is 32.2. The van der Waals surface area contributed by atoms with Gasteiger partial charge in [0.25, 0.3) is 15.9 Å². The molecule has 10 heteroatoms. The van der Waals surface area contributed by atoms with Crippen LogP contribution in [0.15, 0.2) is 51.1 Å². The zero-order valence-electron chi connectivity index (χ0n) is 14.5. The number of aromatic nitrogens is 1. The molecule has 0 saturated carbocycles. The summed E-state index contributed by atoms with van der Waals surface area (Å²) in [4.78, 5) is 13.3. The third-order valence-electron chi connectivity index (χ3n) is 4.54. The molecule has 1 atom stereocenters. The maximum Gasteiger partial charge on any atom is 0.258 e. The Labute approximate surface area is 164 Å². The second kappa shape index (κ2) is 7.19. The van der Waals surface area contributed by atoms with E-state index in [1.54, 1.807) is 17.5 Å². The van der Waals surface area contributed by atoms with E-state index in [2.05, 4.69) is 10.5 Å². The van der Waals surface area contributed by atoms with Crippen LogP contribution in [0.3, 0.4) is 0 Å². The number of benzene rings is 1. The number of aryl methyl sites for hydroxylation is 1. The molecule has 1 aliphatic heterocycles. The molecule has 1 amide bonds.